The van der Waals surface area contributed by atoms with Gasteiger partial charge in [-0.2, -0.15) is 0 Å². The number of furan rings is 1. The van der Waals surface area contributed by atoms with E-state index in [1.54, 1.807) is 0 Å². The van der Waals surface area contributed by atoms with E-state index in [1.807, 2.05) is 6.92 Å². The summed E-state index contributed by atoms with van der Waals surface area (Å²) in [5, 5.41) is 3.40. The second kappa shape index (κ2) is 4.18. The molecule has 0 saturated carbocycles. The molecule has 1 aliphatic heterocycles. The second-order valence-electron chi connectivity index (χ2n) is 4.34. The van der Waals surface area contributed by atoms with Gasteiger partial charge in [-0.3, -0.25) is 0 Å². The summed E-state index contributed by atoms with van der Waals surface area (Å²) < 4.78 is 5.54. The number of hydrogen-bond acceptors (Lipinski definition) is 2. The molecule has 1 aromatic heterocycles. The van der Waals surface area contributed by atoms with Gasteiger partial charge in [-0.15, -0.1) is 0 Å². The maximum Gasteiger partial charge on any atom is 0.104 e. The van der Waals surface area contributed by atoms with E-state index >= 15 is 0 Å². The van der Waals surface area contributed by atoms with E-state index < -0.39 is 0 Å². The minimum absolute atomic E-state index is 0.854. The van der Waals surface area contributed by atoms with Crippen LogP contribution in [0.4, 0.5) is 0 Å². The number of nitrogens with one attached hydrogen (secondary N) is 1. The number of hydrogen-bond donors (Lipinski definition) is 1. The smallest absolute Gasteiger partial charge is 0.104 e. The van der Waals surface area contributed by atoms with Gasteiger partial charge in [-0.25, -0.2) is 0 Å². The van der Waals surface area contributed by atoms with Crippen molar-refractivity contribution < 1.29 is 4.42 Å². The molecule has 0 spiro atoms. The van der Waals surface area contributed by atoms with E-state index in [2.05, 4.69) is 18.3 Å². The minimum atomic E-state index is 0.854. The van der Waals surface area contributed by atoms with E-state index in [9.17, 15) is 0 Å². The molecule has 2 rings (SSSR count). The van der Waals surface area contributed by atoms with Crippen LogP contribution >= 0.6 is 0 Å². The average molecular weight is 193 g/mol. The lowest BCUT2D eigenvalue weighted by Crippen LogP contribution is -2.28. The third-order valence-corrected chi connectivity index (χ3v) is 3.11. The third kappa shape index (κ3) is 2.18. The van der Waals surface area contributed by atoms with Crippen molar-refractivity contribution >= 4 is 0 Å². The summed E-state index contributed by atoms with van der Waals surface area (Å²) in [7, 11) is 0. The van der Waals surface area contributed by atoms with Crippen molar-refractivity contribution in [2.45, 2.75) is 33.1 Å². The average Bonchev–Trinajstić information content (AvgIpc) is 2.47. The van der Waals surface area contributed by atoms with Crippen molar-refractivity contribution in [3.8, 4) is 0 Å². The van der Waals surface area contributed by atoms with Crippen LogP contribution in [0.25, 0.3) is 0 Å². The highest BCUT2D eigenvalue weighted by atomic mass is 16.3. The Labute approximate surface area is 85.7 Å². The summed E-state index contributed by atoms with van der Waals surface area (Å²) >= 11 is 0. The Morgan fingerprint density at radius 1 is 1.36 bits per heavy atom. The van der Waals surface area contributed by atoms with E-state index in [1.165, 1.54) is 37.9 Å². The summed E-state index contributed by atoms with van der Waals surface area (Å²) in [6.07, 6.45) is 3.82. The molecule has 1 saturated heterocycles. The van der Waals surface area contributed by atoms with Crippen LogP contribution in [0.5, 0.6) is 0 Å². The van der Waals surface area contributed by atoms with Crippen molar-refractivity contribution in [1.29, 1.82) is 0 Å². The van der Waals surface area contributed by atoms with Gasteiger partial charge in [0.15, 0.2) is 0 Å². The Hall–Kier alpha value is -0.760. The first-order chi connectivity index (χ1) is 6.75. The molecule has 1 fully saturated rings. The van der Waals surface area contributed by atoms with Gasteiger partial charge >= 0.3 is 0 Å². The van der Waals surface area contributed by atoms with Crippen molar-refractivity contribution in [2.24, 2.45) is 5.92 Å². The van der Waals surface area contributed by atoms with Crippen LogP contribution in [0.2, 0.25) is 0 Å². The molecular formula is C12H19NO. The standard InChI is InChI=1S/C12H19NO/c1-9-7-12(10(2)14-9)8-11-3-5-13-6-4-11/h7,11,13H,3-6,8H2,1-2H3. The fraction of sp³-hybridized carbons (Fsp3) is 0.667. The topological polar surface area (TPSA) is 25.2 Å². The van der Waals surface area contributed by atoms with Crippen LogP contribution < -0.4 is 5.32 Å². The molecule has 0 aliphatic carbocycles. The summed E-state index contributed by atoms with van der Waals surface area (Å²) in [5.41, 5.74) is 1.41. The van der Waals surface area contributed by atoms with Crippen LogP contribution in [0.3, 0.4) is 0 Å². The molecule has 0 unspecified atom stereocenters. The Morgan fingerprint density at radius 3 is 2.64 bits per heavy atom. The lowest BCUT2D eigenvalue weighted by atomic mass is 9.91. The highest BCUT2D eigenvalue weighted by Gasteiger charge is 2.15. The highest BCUT2D eigenvalue weighted by Crippen LogP contribution is 2.22. The SMILES string of the molecule is Cc1cc(CC2CCNCC2)c(C)o1. The van der Waals surface area contributed by atoms with Crippen molar-refractivity contribution in [3.63, 3.8) is 0 Å². The predicted molar refractivity (Wildman–Crippen MR) is 57.5 cm³/mol. The van der Waals surface area contributed by atoms with Gasteiger partial charge in [0.1, 0.15) is 11.5 Å². The second-order valence-corrected chi connectivity index (χ2v) is 4.34. The Balaban J connectivity index is 1.98. The highest BCUT2D eigenvalue weighted by molar-refractivity contribution is 5.20. The van der Waals surface area contributed by atoms with Crippen LogP contribution in [0.15, 0.2) is 10.5 Å². The van der Waals surface area contributed by atoms with Gasteiger partial charge in [-0.1, -0.05) is 0 Å². The first-order valence-electron chi connectivity index (χ1n) is 5.52. The first-order valence-corrected chi connectivity index (χ1v) is 5.52. The molecule has 0 atom stereocenters. The number of rotatable bonds is 2. The van der Waals surface area contributed by atoms with E-state index in [-0.39, 0.29) is 0 Å². The molecule has 2 nitrogen and oxygen atoms in total. The zero-order valence-corrected chi connectivity index (χ0v) is 9.10. The normalized spacial score (nSPS) is 18.7. The zero-order chi connectivity index (χ0) is 9.97. The van der Waals surface area contributed by atoms with Crippen LogP contribution in [-0.4, -0.2) is 13.1 Å². The van der Waals surface area contributed by atoms with Crippen molar-refractivity contribution in [1.82, 2.24) is 5.32 Å². The van der Waals surface area contributed by atoms with E-state index in [4.69, 9.17) is 4.42 Å². The van der Waals surface area contributed by atoms with Crippen LogP contribution in [-0.2, 0) is 6.42 Å². The van der Waals surface area contributed by atoms with Gasteiger partial charge in [0, 0.05) is 0 Å². The molecule has 14 heavy (non-hydrogen) atoms. The largest absolute Gasteiger partial charge is 0.466 e. The molecule has 2 heteroatoms. The summed E-state index contributed by atoms with van der Waals surface area (Å²) in [5.74, 6) is 3.01. The van der Waals surface area contributed by atoms with Crippen LogP contribution in [0.1, 0.15) is 29.9 Å². The fourth-order valence-electron chi connectivity index (χ4n) is 2.28. The van der Waals surface area contributed by atoms with Crippen molar-refractivity contribution in [2.75, 3.05) is 13.1 Å². The van der Waals surface area contributed by atoms with Gasteiger partial charge in [-0.05, 0) is 63.7 Å². The third-order valence-electron chi connectivity index (χ3n) is 3.11. The maximum atomic E-state index is 5.54. The number of aryl methyl sites for hydroxylation is 2. The zero-order valence-electron chi connectivity index (χ0n) is 9.10. The molecule has 1 aromatic rings. The Bertz CT molecular complexity index is 297. The fourth-order valence-corrected chi connectivity index (χ4v) is 2.28. The van der Waals surface area contributed by atoms with Gasteiger partial charge in [0.25, 0.3) is 0 Å². The molecule has 0 bridgehead atoms. The van der Waals surface area contributed by atoms with Crippen molar-refractivity contribution in [3.05, 3.63) is 23.2 Å². The van der Waals surface area contributed by atoms with Gasteiger partial charge < -0.3 is 9.73 Å². The minimum Gasteiger partial charge on any atom is -0.466 e. The predicted octanol–water partition coefficient (Wildman–Crippen LogP) is 2.44. The first kappa shape index (κ1) is 9.78. The molecule has 2 heterocycles. The van der Waals surface area contributed by atoms with E-state index in [0.717, 1.165) is 17.4 Å². The monoisotopic (exact) mass is 193 g/mol. The summed E-state index contributed by atoms with van der Waals surface area (Å²) in [6.45, 7) is 6.46. The number of piperidine rings is 1. The quantitative estimate of drug-likeness (QED) is 0.780. The molecular weight excluding hydrogens is 174 g/mol. The summed E-state index contributed by atoms with van der Waals surface area (Å²) in [6, 6.07) is 2.19. The lowest BCUT2D eigenvalue weighted by molar-refractivity contribution is 0.370. The molecule has 1 aliphatic rings. The summed E-state index contributed by atoms with van der Waals surface area (Å²) in [4.78, 5) is 0. The molecule has 1 N–H and O–H groups in total. The molecule has 78 valence electrons. The van der Waals surface area contributed by atoms with Crippen LogP contribution in [0, 0.1) is 19.8 Å². The molecule has 0 radical (unpaired) electrons. The lowest BCUT2D eigenvalue weighted by Gasteiger charge is -2.22. The van der Waals surface area contributed by atoms with E-state index in [0.29, 0.717) is 0 Å². The Morgan fingerprint density at radius 2 is 2.07 bits per heavy atom. The molecule has 0 aromatic carbocycles. The molecule has 0 amide bonds. The maximum absolute atomic E-state index is 5.54. The van der Waals surface area contributed by atoms with Gasteiger partial charge in [0.05, 0.1) is 0 Å². The van der Waals surface area contributed by atoms with Gasteiger partial charge in [0.2, 0.25) is 0 Å². The Kier molecular flexibility index (Phi) is 2.92.